The molecular weight excluding hydrogens is 401 g/mol. The molecule has 1 aliphatic heterocycles. The number of aliphatic hydroxyl groups excluding tert-OH is 1. The van der Waals surface area contributed by atoms with Crippen LogP contribution < -0.4 is 10.1 Å². The van der Waals surface area contributed by atoms with Crippen molar-refractivity contribution in [1.29, 1.82) is 0 Å². The smallest absolute Gasteiger partial charge is 0.266 e. The molecule has 1 aliphatic rings. The summed E-state index contributed by atoms with van der Waals surface area (Å²) in [5, 5.41) is 11.9. The third-order valence-corrected chi connectivity index (χ3v) is 4.91. The van der Waals surface area contributed by atoms with Crippen molar-refractivity contribution in [1.82, 2.24) is 14.9 Å². The second-order valence-electron chi connectivity index (χ2n) is 7.18. The van der Waals surface area contributed by atoms with Crippen LogP contribution in [0.2, 0.25) is 0 Å². The maximum atomic E-state index is 14.5. The lowest BCUT2D eigenvalue weighted by molar-refractivity contribution is -0.141. The Balaban J connectivity index is 1.69. The molecular formula is C20H23F3N4O3. The first-order valence-corrected chi connectivity index (χ1v) is 9.48. The van der Waals surface area contributed by atoms with Gasteiger partial charge in [0.1, 0.15) is 18.2 Å². The van der Waals surface area contributed by atoms with E-state index in [0.29, 0.717) is 37.1 Å². The summed E-state index contributed by atoms with van der Waals surface area (Å²) in [6, 6.07) is 3.23. The van der Waals surface area contributed by atoms with E-state index in [1.54, 1.807) is 13.8 Å². The van der Waals surface area contributed by atoms with Crippen LogP contribution in [0.4, 0.5) is 19.0 Å². The van der Waals surface area contributed by atoms with Gasteiger partial charge in [0.05, 0.1) is 24.4 Å². The summed E-state index contributed by atoms with van der Waals surface area (Å²) in [4.78, 5) is 21.3. The molecule has 0 unspecified atom stereocenters. The Morgan fingerprint density at radius 1 is 1.37 bits per heavy atom. The molecule has 0 radical (unpaired) electrons. The van der Waals surface area contributed by atoms with Crippen molar-refractivity contribution in [3.63, 3.8) is 0 Å². The van der Waals surface area contributed by atoms with Crippen LogP contribution in [0.3, 0.4) is 0 Å². The van der Waals surface area contributed by atoms with Gasteiger partial charge in [-0.25, -0.2) is 23.1 Å². The molecule has 1 aromatic heterocycles. The molecule has 3 rings (SSSR count). The summed E-state index contributed by atoms with van der Waals surface area (Å²) in [5.41, 5.74) is -0.560. The number of rotatable bonds is 8. The number of aromatic nitrogens is 2. The Morgan fingerprint density at radius 3 is 2.73 bits per heavy atom. The van der Waals surface area contributed by atoms with Gasteiger partial charge in [0.15, 0.2) is 11.6 Å². The Kier molecular flexibility index (Phi) is 6.76. The van der Waals surface area contributed by atoms with E-state index >= 15 is 0 Å². The van der Waals surface area contributed by atoms with Gasteiger partial charge >= 0.3 is 0 Å². The van der Waals surface area contributed by atoms with Crippen LogP contribution >= 0.6 is 0 Å². The SMILES string of the molecule is Cc1ncc(OCC2CN(C(=O)CO)C2)c(N[C@H](C)c2cccc(C(F)F)c2F)n1. The lowest BCUT2D eigenvalue weighted by Crippen LogP contribution is -2.52. The number of likely N-dealkylation sites (tertiary alicyclic amines) is 1. The highest BCUT2D eigenvalue weighted by Gasteiger charge is 2.31. The Hall–Kier alpha value is -2.88. The van der Waals surface area contributed by atoms with Crippen molar-refractivity contribution < 1.29 is 27.8 Å². The maximum absolute atomic E-state index is 14.5. The monoisotopic (exact) mass is 424 g/mol. The predicted octanol–water partition coefficient (Wildman–Crippen LogP) is 2.86. The van der Waals surface area contributed by atoms with Crippen molar-refractivity contribution >= 4 is 11.7 Å². The number of alkyl halides is 2. The van der Waals surface area contributed by atoms with Crippen LogP contribution in [0, 0.1) is 18.7 Å². The minimum Gasteiger partial charge on any atom is -0.488 e. The van der Waals surface area contributed by atoms with E-state index in [4.69, 9.17) is 9.84 Å². The molecule has 162 valence electrons. The molecule has 0 bridgehead atoms. The predicted molar refractivity (Wildman–Crippen MR) is 103 cm³/mol. The minimum absolute atomic E-state index is 0.0900. The number of carbonyl (C=O) groups is 1. The number of hydrogen-bond donors (Lipinski definition) is 2. The molecule has 1 amide bonds. The molecule has 2 aromatic rings. The normalized spacial score (nSPS) is 15.1. The lowest BCUT2D eigenvalue weighted by Gasteiger charge is -2.38. The number of nitrogens with one attached hydrogen (secondary N) is 1. The number of ether oxygens (including phenoxy) is 1. The zero-order valence-electron chi connectivity index (χ0n) is 16.6. The van der Waals surface area contributed by atoms with Crippen molar-refractivity contribution in [2.75, 3.05) is 31.6 Å². The fourth-order valence-electron chi connectivity index (χ4n) is 3.21. The summed E-state index contributed by atoms with van der Waals surface area (Å²) in [7, 11) is 0. The van der Waals surface area contributed by atoms with Crippen LogP contribution in [0.5, 0.6) is 5.75 Å². The maximum Gasteiger partial charge on any atom is 0.266 e. The molecule has 1 aromatic carbocycles. The molecule has 0 saturated carbocycles. The average molecular weight is 424 g/mol. The molecule has 7 nitrogen and oxygen atoms in total. The van der Waals surface area contributed by atoms with Crippen molar-refractivity contribution in [3.8, 4) is 5.75 Å². The van der Waals surface area contributed by atoms with Gasteiger partial charge in [0.25, 0.3) is 6.43 Å². The highest BCUT2D eigenvalue weighted by atomic mass is 19.3. The van der Waals surface area contributed by atoms with E-state index in [9.17, 15) is 18.0 Å². The average Bonchev–Trinajstić information content (AvgIpc) is 2.67. The van der Waals surface area contributed by atoms with E-state index in [1.807, 2.05) is 0 Å². The van der Waals surface area contributed by atoms with Gasteiger partial charge in [-0.2, -0.15) is 0 Å². The van der Waals surface area contributed by atoms with Gasteiger partial charge in [-0.3, -0.25) is 4.79 Å². The number of halogens is 3. The zero-order chi connectivity index (χ0) is 21.8. The fourth-order valence-corrected chi connectivity index (χ4v) is 3.21. The summed E-state index contributed by atoms with van der Waals surface area (Å²) in [6.07, 6.45) is -1.42. The van der Waals surface area contributed by atoms with Crippen molar-refractivity contribution in [2.45, 2.75) is 26.3 Å². The zero-order valence-corrected chi connectivity index (χ0v) is 16.6. The molecule has 1 saturated heterocycles. The van der Waals surface area contributed by atoms with E-state index in [0.717, 1.165) is 6.07 Å². The minimum atomic E-state index is -2.91. The van der Waals surface area contributed by atoms with E-state index in [-0.39, 0.29) is 17.4 Å². The van der Waals surface area contributed by atoms with Crippen molar-refractivity contribution in [3.05, 3.63) is 47.2 Å². The molecule has 1 fully saturated rings. The number of aliphatic hydroxyl groups is 1. The third kappa shape index (κ3) is 4.81. The highest BCUT2D eigenvalue weighted by Crippen LogP contribution is 2.31. The number of benzene rings is 1. The van der Waals surface area contributed by atoms with E-state index < -0.39 is 30.5 Å². The quantitative estimate of drug-likeness (QED) is 0.678. The van der Waals surface area contributed by atoms with E-state index in [1.165, 1.54) is 23.2 Å². The second kappa shape index (κ2) is 9.29. The van der Waals surface area contributed by atoms with Crippen LogP contribution in [-0.2, 0) is 4.79 Å². The first-order chi connectivity index (χ1) is 14.3. The number of aryl methyl sites for hydroxylation is 1. The fraction of sp³-hybridized carbons (Fsp3) is 0.450. The molecule has 0 aliphatic carbocycles. The molecule has 1 atom stereocenters. The van der Waals surface area contributed by atoms with Crippen molar-refractivity contribution in [2.24, 2.45) is 5.92 Å². The standard InChI is InChI=1S/C20H23F3N4O3/c1-11(14-4-3-5-15(18(14)21)19(22)23)25-20-16(6-24-12(2)26-20)30-10-13-7-27(8-13)17(29)9-28/h3-6,11,13,19,28H,7-10H2,1-2H3,(H,24,25,26)/t11-/m1/s1. The van der Waals surface area contributed by atoms with Gasteiger partial charge in [-0.05, 0) is 13.8 Å². The topological polar surface area (TPSA) is 87.6 Å². The van der Waals surface area contributed by atoms with E-state index in [2.05, 4.69) is 15.3 Å². The molecule has 30 heavy (non-hydrogen) atoms. The first-order valence-electron chi connectivity index (χ1n) is 9.48. The molecule has 2 N–H and O–H groups in total. The summed E-state index contributed by atoms with van der Waals surface area (Å²) >= 11 is 0. The number of amides is 1. The van der Waals surface area contributed by atoms with Crippen LogP contribution in [-0.4, -0.2) is 52.2 Å². The Morgan fingerprint density at radius 2 is 2.07 bits per heavy atom. The molecule has 10 heteroatoms. The van der Waals surface area contributed by atoms with Gasteiger partial charge in [-0.1, -0.05) is 18.2 Å². The van der Waals surface area contributed by atoms with Gasteiger partial charge in [0, 0.05) is 24.6 Å². The summed E-state index contributed by atoms with van der Waals surface area (Å²) in [5.74, 6) is -0.0586. The number of hydrogen-bond acceptors (Lipinski definition) is 6. The first kappa shape index (κ1) is 21.8. The lowest BCUT2D eigenvalue weighted by atomic mass is 10.0. The Labute approximate surface area is 171 Å². The Bertz CT molecular complexity index is 907. The summed E-state index contributed by atoms with van der Waals surface area (Å²) < 4.78 is 46.2. The number of anilines is 1. The summed E-state index contributed by atoms with van der Waals surface area (Å²) in [6.45, 7) is 4.07. The molecule has 2 heterocycles. The molecule has 0 spiro atoms. The van der Waals surface area contributed by atoms with Crippen LogP contribution in [0.1, 0.15) is 36.3 Å². The van der Waals surface area contributed by atoms with Gasteiger partial charge in [-0.15, -0.1) is 0 Å². The van der Waals surface area contributed by atoms with Gasteiger partial charge < -0.3 is 20.1 Å². The third-order valence-electron chi connectivity index (χ3n) is 4.91. The van der Waals surface area contributed by atoms with Crippen LogP contribution in [0.15, 0.2) is 24.4 Å². The van der Waals surface area contributed by atoms with Gasteiger partial charge in [0.2, 0.25) is 5.91 Å². The number of carbonyl (C=O) groups excluding carboxylic acids is 1. The number of nitrogens with zero attached hydrogens (tertiary/aromatic N) is 3. The van der Waals surface area contributed by atoms with Crippen LogP contribution in [0.25, 0.3) is 0 Å². The second-order valence-corrected chi connectivity index (χ2v) is 7.18. The highest BCUT2D eigenvalue weighted by molar-refractivity contribution is 5.77. The largest absolute Gasteiger partial charge is 0.488 e.